The average molecular weight is 402 g/mol. The number of amides is 3. The zero-order valence-electron chi connectivity index (χ0n) is 14.3. The smallest absolute Gasteiger partial charge is 0.263 e. The number of fused-ring (bicyclic) bond motifs is 1. The van der Waals surface area contributed by atoms with Crippen molar-refractivity contribution in [3.05, 3.63) is 59.4 Å². The van der Waals surface area contributed by atoms with Gasteiger partial charge in [-0.2, -0.15) is 5.11 Å². The van der Waals surface area contributed by atoms with Crippen LogP contribution in [0, 0.1) is 5.82 Å². The quantitative estimate of drug-likeness (QED) is 0.796. The molecule has 2 aliphatic heterocycles. The molecule has 1 N–H and O–H groups in total. The van der Waals surface area contributed by atoms with Gasteiger partial charge in [-0.05, 0) is 42.5 Å². The molecule has 142 valence electrons. The summed E-state index contributed by atoms with van der Waals surface area (Å²) in [6.45, 7) is -0.270. The average Bonchev–Trinajstić information content (AvgIpc) is 3.16. The number of carbonyl (C=O) groups is 3. The third-order valence-corrected chi connectivity index (χ3v) is 4.59. The molecule has 3 amide bonds. The number of imide groups is 1. The number of halogens is 2. The van der Waals surface area contributed by atoms with Gasteiger partial charge in [-0.15, -0.1) is 0 Å². The minimum atomic E-state index is -1.03. The zero-order valence-corrected chi connectivity index (χ0v) is 15.0. The Hall–Kier alpha value is -3.33. The van der Waals surface area contributed by atoms with Crippen LogP contribution in [-0.2, 0) is 14.4 Å². The van der Waals surface area contributed by atoms with E-state index in [1.54, 1.807) is 24.3 Å². The van der Waals surface area contributed by atoms with Crippen LogP contribution in [0.3, 0.4) is 0 Å². The third kappa shape index (κ3) is 3.20. The van der Waals surface area contributed by atoms with E-state index in [0.29, 0.717) is 10.7 Å². The Kier molecular flexibility index (Phi) is 4.52. The second-order valence-corrected chi connectivity index (χ2v) is 6.68. The summed E-state index contributed by atoms with van der Waals surface area (Å²) < 4.78 is 13.1. The van der Waals surface area contributed by atoms with Crippen LogP contribution in [0.4, 0.5) is 15.8 Å². The number of carbonyl (C=O) groups excluding carboxylic acids is 3. The Morgan fingerprint density at radius 1 is 1.14 bits per heavy atom. The molecule has 10 heteroatoms. The van der Waals surface area contributed by atoms with Crippen LogP contribution in [0.25, 0.3) is 0 Å². The van der Waals surface area contributed by atoms with Gasteiger partial charge in [0.25, 0.3) is 11.8 Å². The lowest BCUT2D eigenvalue weighted by molar-refractivity contribution is -0.123. The van der Waals surface area contributed by atoms with Crippen LogP contribution in [0.1, 0.15) is 0 Å². The highest BCUT2D eigenvalue weighted by molar-refractivity contribution is 6.31. The van der Waals surface area contributed by atoms with E-state index in [-0.39, 0.29) is 12.2 Å². The predicted octanol–water partition coefficient (Wildman–Crippen LogP) is 2.41. The van der Waals surface area contributed by atoms with E-state index in [9.17, 15) is 18.8 Å². The molecular weight excluding hydrogens is 389 g/mol. The van der Waals surface area contributed by atoms with Crippen molar-refractivity contribution in [1.29, 1.82) is 0 Å². The molecule has 0 radical (unpaired) electrons. The summed E-state index contributed by atoms with van der Waals surface area (Å²) in [5.41, 5.74) is 0.733. The Labute approximate surface area is 163 Å². The second kappa shape index (κ2) is 7.01. The van der Waals surface area contributed by atoms with Gasteiger partial charge in [-0.3, -0.25) is 19.4 Å². The first-order valence-corrected chi connectivity index (χ1v) is 8.68. The Morgan fingerprint density at radius 2 is 1.89 bits per heavy atom. The Bertz CT molecular complexity index is 997. The fourth-order valence-electron chi connectivity index (χ4n) is 3.11. The topological polar surface area (TPSA) is 94.4 Å². The SMILES string of the molecule is O=C(CN1N=NC2C(=O)N(c3ccc(F)cc3)C(=O)C21)Nc1cccc(Cl)c1. The van der Waals surface area contributed by atoms with Crippen molar-refractivity contribution in [2.75, 3.05) is 16.8 Å². The predicted molar refractivity (Wildman–Crippen MR) is 98.1 cm³/mol. The van der Waals surface area contributed by atoms with Crippen LogP contribution in [0.2, 0.25) is 5.02 Å². The van der Waals surface area contributed by atoms with Crippen molar-refractivity contribution in [2.45, 2.75) is 12.1 Å². The van der Waals surface area contributed by atoms with Crippen molar-refractivity contribution >= 4 is 40.7 Å². The molecule has 8 nitrogen and oxygen atoms in total. The van der Waals surface area contributed by atoms with Crippen molar-refractivity contribution in [3.8, 4) is 0 Å². The highest BCUT2D eigenvalue weighted by Crippen LogP contribution is 2.31. The van der Waals surface area contributed by atoms with E-state index in [4.69, 9.17) is 11.6 Å². The van der Waals surface area contributed by atoms with Gasteiger partial charge in [0.1, 0.15) is 12.4 Å². The molecular formula is C18H13ClFN5O3. The highest BCUT2D eigenvalue weighted by atomic mass is 35.5. The summed E-state index contributed by atoms with van der Waals surface area (Å²) in [5.74, 6) is -2.06. The molecule has 2 unspecified atom stereocenters. The Balaban J connectivity index is 1.48. The monoisotopic (exact) mass is 401 g/mol. The summed E-state index contributed by atoms with van der Waals surface area (Å²) >= 11 is 5.88. The number of hydrogen-bond acceptors (Lipinski definition) is 6. The lowest BCUT2D eigenvalue weighted by Crippen LogP contribution is -2.43. The molecule has 2 heterocycles. The second-order valence-electron chi connectivity index (χ2n) is 6.24. The van der Waals surface area contributed by atoms with Crippen LogP contribution in [0.15, 0.2) is 58.9 Å². The maximum atomic E-state index is 13.1. The first-order chi connectivity index (χ1) is 13.4. The van der Waals surface area contributed by atoms with Gasteiger partial charge in [0, 0.05) is 10.7 Å². The van der Waals surface area contributed by atoms with Gasteiger partial charge in [-0.1, -0.05) is 22.9 Å². The largest absolute Gasteiger partial charge is 0.324 e. The van der Waals surface area contributed by atoms with Crippen LogP contribution >= 0.6 is 11.6 Å². The van der Waals surface area contributed by atoms with E-state index in [2.05, 4.69) is 15.7 Å². The highest BCUT2D eigenvalue weighted by Gasteiger charge is 2.55. The number of nitrogens with zero attached hydrogens (tertiary/aromatic N) is 4. The number of anilines is 2. The fourth-order valence-corrected chi connectivity index (χ4v) is 3.30. The normalized spacial score (nSPS) is 20.6. The standard InChI is InChI=1S/C18H13ClFN5O3/c19-10-2-1-3-12(8-10)21-14(26)9-24-16-15(22-23-24)17(27)25(18(16)28)13-6-4-11(20)5-7-13/h1-8,15-16H,9H2,(H,21,26). The summed E-state index contributed by atoms with van der Waals surface area (Å²) in [4.78, 5) is 38.6. The number of nitrogens with one attached hydrogen (secondary N) is 1. The minimum absolute atomic E-state index is 0.240. The lowest BCUT2D eigenvalue weighted by atomic mass is 10.1. The van der Waals surface area contributed by atoms with Crippen molar-refractivity contribution in [1.82, 2.24) is 5.01 Å². The molecule has 1 fully saturated rings. The first kappa shape index (κ1) is 18.1. The zero-order chi connectivity index (χ0) is 19.8. The molecule has 2 atom stereocenters. The van der Waals surface area contributed by atoms with Crippen molar-refractivity contribution in [3.63, 3.8) is 0 Å². The van der Waals surface area contributed by atoms with Gasteiger partial charge in [0.05, 0.1) is 5.69 Å². The molecule has 2 aromatic carbocycles. The van der Waals surface area contributed by atoms with Gasteiger partial charge in [0.2, 0.25) is 5.91 Å². The van der Waals surface area contributed by atoms with Crippen LogP contribution in [-0.4, -0.2) is 41.4 Å². The van der Waals surface area contributed by atoms with Crippen molar-refractivity contribution in [2.24, 2.45) is 10.3 Å². The number of benzene rings is 2. The van der Waals surface area contributed by atoms with Crippen molar-refractivity contribution < 1.29 is 18.8 Å². The number of rotatable bonds is 4. The molecule has 0 aliphatic carbocycles. The molecule has 4 rings (SSSR count). The first-order valence-electron chi connectivity index (χ1n) is 8.30. The van der Waals surface area contributed by atoms with Gasteiger partial charge in [0.15, 0.2) is 12.1 Å². The van der Waals surface area contributed by atoms with Gasteiger partial charge < -0.3 is 5.32 Å². The van der Waals surface area contributed by atoms with Gasteiger partial charge in [-0.25, -0.2) is 9.29 Å². The summed E-state index contributed by atoms with van der Waals surface area (Å²) in [5, 5.41) is 11.9. The van der Waals surface area contributed by atoms with Gasteiger partial charge >= 0.3 is 0 Å². The molecule has 0 aromatic heterocycles. The molecule has 28 heavy (non-hydrogen) atoms. The molecule has 0 bridgehead atoms. The van der Waals surface area contributed by atoms with E-state index in [1.165, 1.54) is 17.1 Å². The molecule has 2 aromatic rings. The minimum Gasteiger partial charge on any atom is -0.324 e. The van der Waals surface area contributed by atoms with E-state index in [1.807, 2.05) is 0 Å². The third-order valence-electron chi connectivity index (χ3n) is 4.36. The molecule has 0 saturated carbocycles. The molecule has 2 aliphatic rings. The summed E-state index contributed by atoms with van der Waals surface area (Å²) in [7, 11) is 0. The molecule has 0 spiro atoms. The maximum absolute atomic E-state index is 13.1. The van der Waals surface area contributed by atoms with E-state index < -0.39 is 35.6 Å². The van der Waals surface area contributed by atoms with E-state index in [0.717, 1.165) is 17.0 Å². The van der Waals surface area contributed by atoms with Crippen LogP contribution in [0.5, 0.6) is 0 Å². The fraction of sp³-hybridized carbons (Fsp3) is 0.167. The molecule has 1 saturated heterocycles. The van der Waals surface area contributed by atoms with Crippen LogP contribution < -0.4 is 10.2 Å². The summed E-state index contributed by atoms with van der Waals surface area (Å²) in [6, 6.07) is 9.53. The Morgan fingerprint density at radius 3 is 2.61 bits per heavy atom. The lowest BCUT2D eigenvalue weighted by Gasteiger charge is -2.20. The summed E-state index contributed by atoms with van der Waals surface area (Å²) in [6.07, 6.45) is 0. The maximum Gasteiger partial charge on any atom is 0.263 e. The van der Waals surface area contributed by atoms with E-state index >= 15 is 0 Å². The number of hydrogen-bond donors (Lipinski definition) is 1.